The van der Waals surface area contributed by atoms with Crippen molar-refractivity contribution < 1.29 is 9.59 Å². The van der Waals surface area contributed by atoms with E-state index in [-0.39, 0.29) is 17.9 Å². The minimum Gasteiger partial charge on any atom is -0.326 e. The van der Waals surface area contributed by atoms with E-state index >= 15 is 0 Å². The average Bonchev–Trinajstić information content (AvgIpc) is 2.65. The van der Waals surface area contributed by atoms with Crippen LogP contribution in [0.2, 0.25) is 0 Å². The summed E-state index contributed by atoms with van der Waals surface area (Å²) in [5.74, 6) is -0.208. The van der Waals surface area contributed by atoms with Crippen molar-refractivity contribution in [3.05, 3.63) is 59.7 Å². The number of urea groups is 1. The largest absolute Gasteiger partial charge is 0.326 e. The molecule has 136 valence electrons. The maximum atomic E-state index is 12.7. The molecule has 2 aromatic carbocycles. The van der Waals surface area contributed by atoms with Gasteiger partial charge in [0.05, 0.1) is 5.92 Å². The number of carbonyl (C=O) groups excluding carboxylic acids is 2. The Hall–Kier alpha value is -2.82. The second-order valence-corrected chi connectivity index (χ2v) is 6.89. The van der Waals surface area contributed by atoms with Crippen LogP contribution >= 0.6 is 0 Å². The van der Waals surface area contributed by atoms with Gasteiger partial charge in [-0.3, -0.25) is 4.79 Å². The summed E-state index contributed by atoms with van der Waals surface area (Å²) in [4.78, 5) is 26.9. The first kappa shape index (κ1) is 18.0. The molecule has 1 heterocycles. The van der Waals surface area contributed by atoms with Gasteiger partial charge < -0.3 is 15.5 Å². The zero-order valence-corrected chi connectivity index (χ0v) is 15.3. The predicted octanol–water partition coefficient (Wildman–Crippen LogP) is 4.19. The van der Waals surface area contributed by atoms with Gasteiger partial charge in [0.25, 0.3) is 0 Å². The molecular weight excluding hydrogens is 326 g/mol. The molecule has 1 fully saturated rings. The van der Waals surface area contributed by atoms with Crippen LogP contribution in [0.1, 0.15) is 24.0 Å². The molecule has 0 radical (unpaired) electrons. The van der Waals surface area contributed by atoms with Gasteiger partial charge in [-0.1, -0.05) is 35.9 Å². The first-order chi connectivity index (χ1) is 12.5. The van der Waals surface area contributed by atoms with E-state index in [0.29, 0.717) is 13.1 Å². The third-order valence-electron chi connectivity index (χ3n) is 4.74. The van der Waals surface area contributed by atoms with Crippen molar-refractivity contribution in [2.75, 3.05) is 23.7 Å². The maximum Gasteiger partial charge on any atom is 0.321 e. The molecule has 0 unspecified atom stereocenters. The number of anilines is 2. The molecule has 1 saturated heterocycles. The van der Waals surface area contributed by atoms with Gasteiger partial charge >= 0.3 is 6.03 Å². The number of para-hydroxylation sites is 1. The Morgan fingerprint density at radius 2 is 1.81 bits per heavy atom. The van der Waals surface area contributed by atoms with E-state index in [9.17, 15) is 9.59 Å². The zero-order chi connectivity index (χ0) is 18.5. The van der Waals surface area contributed by atoms with Gasteiger partial charge in [-0.25, -0.2) is 4.79 Å². The summed E-state index contributed by atoms with van der Waals surface area (Å²) in [5.41, 5.74) is 3.82. The first-order valence-electron chi connectivity index (χ1n) is 9.02. The van der Waals surface area contributed by atoms with Crippen molar-refractivity contribution in [1.82, 2.24) is 4.90 Å². The number of hydrogen-bond acceptors (Lipinski definition) is 2. The average molecular weight is 351 g/mol. The van der Waals surface area contributed by atoms with E-state index in [1.54, 1.807) is 4.90 Å². The number of aryl methyl sites for hydroxylation is 2. The summed E-state index contributed by atoms with van der Waals surface area (Å²) < 4.78 is 0. The lowest BCUT2D eigenvalue weighted by molar-refractivity contribution is -0.121. The lowest BCUT2D eigenvalue weighted by atomic mass is 9.97. The van der Waals surface area contributed by atoms with E-state index in [0.717, 1.165) is 29.8 Å². The Bertz CT molecular complexity index is 789. The third-order valence-corrected chi connectivity index (χ3v) is 4.74. The van der Waals surface area contributed by atoms with E-state index in [1.807, 2.05) is 56.3 Å². The Balaban J connectivity index is 1.60. The number of piperidine rings is 1. The van der Waals surface area contributed by atoms with Crippen LogP contribution in [0.5, 0.6) is 0 Å². The van der Waals surface area contributed by atoms with Gasteiger partial charge in [-0.05, 0) is 50.5 Å². The Morgan fingerprint density at radius 3 is 2.54 bits per heavy atom. The van der Waals surface area contributed by atoms with Crippen molar-refractivity contribution in [3.63, 3.8) is 0 Å². The Labute approximate surface area is 154 Å². The van der Waals surface area contributed by atoms with Gasteiger partial charge in [0.2, 0.25) is 5.91 Å². The minimum absolute atomic E-state index is 0.0193. The Morgan fingerprint density at radius 1 is 1.04 bits per heavy atom. The van der Waals surface area contributed by atoms with Crippen molar-refractivity contribution >= 4 is 23.3 Å². The quantitative estimate of drug-likeness (QED) is 0.871. The fourth-order valence-electron chi connectivity index (χ4n) is 3.29. The summed E-state index contributed by atoms with van der Waals surface area (Å²) in [7, 11) is 0. The molecule has 3 amide bonds. The summed E-state index contributed by atoms with van der Waals surface area (Å²) in [5, 5.41) is 5.91. The highest BCUT2D eigenvalue weighted by atomic mass is 16.2. The molecule has 1 aliphatic heterocycles. The smallest absolute Gasteiger partial charge is 0.321 e. The van der Waals surface area contributed by atoms with Gasteiger partial charge in [-0.15, -0.1) is 0 Å². The molecular formula is C21H25N3O2. The third kappa shape index (κ3) is 4.42. The highest BCUT2D eigenvalue weighted by molar-refractivity contribution is 5.94. The molecule has 2 aromatic rings. The molecule has 3 rings (SSSR count). The minimum atomic E-state index is -0.189. The van der Waals surface area contributed by atoms with Crippen LogP contribution in [0.15, 0.2) is 48.5 Å². The highest BCUT2D eigenvalue weighted by Crippen LogP contribution is 2.22. The topological polar surface area (TPSA) is 61.4 Å². The highest BCUT2D eigenvalue weighted by Gasteiger charge is 2.28. The Kier molecular flexibility index (Phi) is 5.56. The molecule has 0 aliphatic carbocycles. The normalized spacial score (nSPS) is 16.8. The fourth-order valence-corrected chi connectivity index (χ4v) is 3.29. The van der Waals surface area contributed by atoms with E-state index in [4.69, 9.17) is 0 Å². The fraction of sp³-hybridized carbons (Fsp3) is 0.333. The standard InChI is InChI=1S/C21H25N3O2/c1-15-10-11-19(16(2)13-15)23-20(25)17-7-6-12-24(14-17)21(26)22-18-8-4-3-5-9-18/h3-5,8-11,13,17H,6-7,12,14H2,1-2H3,(H,22,26)(H,23,25)/t17-/m0/s1. The van der Waals surface area contributed by atoms with Crippen molar-refractivity contribution in [2.24, 2.45) is 5.92 Å². The van der Waals surface area contributed by atoms with E-state index < -0.39 is 0 Å². The monoisotopic (exact) mass is 351 g/mol. The first-order valence-corrected chi connectivity index (χ1v) is 9.02. The summed E-state index contributed by atoms with van der Waals surface area (Å²) in [6, 6.07) is 15.2. The molecule has 5 nitrogen and oxygen atoms in total. The number of amides is 3. The van der Waals surface area contributed by atoms with Crippen LogP contribution in [0.3, 0.4) is 0 Å². The zero-order valence-electron chi connectivity index (χ0n) is 15.3. The van der Waals surface area contributed by atoms with Gasteiger partial charge in [-0.2, -0.15) is 0 Å². The van der Waals surface area contributed by atoms with Crippen LogP contribution < -0.4 is 10.6 Å². The van der Waals surface area contributed by atoms with E-state index in [1.165, 1.54) is 5.56 Å². The van der Waals surface area contributed by atoms with E-state index in [2.05, 4.69) is 16.7 Å². The van der Waals surface area contributed by atoms with Gasteiger partial charge in [0.1, 0.15) is 0 Å². The number of carbonyl (C=O) groups is 2. The molecule has 2 N–H and O–H groups in total. The van der Waals surface area contributed by atoms with Crippen LogP contribution in [0, 0.1) is 19.8 Å². The number of hydrogen-bond donors (Lipinski definition) is 2. The number of benzene rings is 2. The molecule has 26 heavy (non-hydrogen) atoms. The number of rotatable bonds is 3. The molecule has 1 atom stereocenters. The second-order valence-electron chi connectivity index (χ2n) is 6.89. The summed E-state index contributed by atoms with van der Waals surface area (Å²) in [6.45, 7) is 5.13. The number of nitrogens with one attached hydrogen (secondary N) is 2. The second kappa shape index (κ2) is 8.04. The number of likely N-dealkylation sites (tertiary alicyclic amines) is 1. The van der Waals surface area contributed by atoms with Gasteiger partial charge in [0, 0.05) is 24.5 Å². The molecule has 0 aromatic heterocycles. The summed E-state index contributed by atoms with van der Waals surface area (Å²) >= 11 is 0. The summed E-state index contributed by atoms with van der Waals surface area (Å²) in [6.07, 6.45) is 1.62. The van der Waals surface area contributed by atoms with Crippen LogP contribution in [-0.4, -0.2) is 29.9 Å². The number of nitrogens with zero attached hydrogens (tertiary/aromatic N) is 1. The lowest BCUT2D eigenvalue weighted by Gasteiger charge is -2.32. The van der Waals surface area contributed by atoms with Crippen molar-refractivity contribution in [1.29, 1.82) is 0 Å². The lowest BCUT2D eigenvalue weighted by Crippen LogP contribution is -2.45. The molecule has 0 spiro atoms. The molecule has 5 heteroatoms. The SMILES string of the molecule is Cc1ccc(NC(=O)[C@H]2CCCN(C(=O)Nc3ccccc3)C2)c(C)c1. The van der Waals surface area contributed by atoms with Crippen molar-refractivity contribution in [2.45, 2.75) is 26.7 Å². The molecule has 0 saturated carbocycles. The van der Waals surface area contributed by atoms with Crippen molar-refractivity contribution in [3.8, 4) is 0 Å². The predicted molar refractivity (Wildman–Crippen MR) is 104 cm³/mol. The van der Waals surface area contributed by atoms with Crippen LogP contribution in [0.25, 0.3) is 0 Å². The molecule has 1 aliphatic rings. The van der Waals surface area contributed by atoms with Crippen LogP contribution in [0.4, 0.5) is 16.2 Å². The molecule has 0 bridgehead atoms. The van der Waals surface area contributed by atoms with Crippen LogP contribution in [-0.2, 0) is 4.79 Å². The van der Waals surface area contributed by atoms with Gasteiger partial charge in [0.15, 0.2) is 0 Å². The maximum absolute atomic E-state index is 12.7.